The van der Waals surface area contributed by atoms with Crippen molar-refractivity contribution < 1.29 is 14.3 Å². The Bertz CT molecular complexity index is 796. The van der Waals surface area contributed by atoms with Crippen LogP contribution in [0.4, 0.5) is 5.69 Å². The number of ether oxygens (including phenoxy) is 1. The van der Waals surface area contributed by atoms with E-state index in [0.717, 1.165) is 5.56 Å². The van der Waals surface area contributed by atoms with Crippen LogP contribution in [-0.4, -0.2) is 36.9 Å². The number of hydrogen-bond donors (Lipinski definition) is 1. The second-order valence-corrected chi connectivity index (χ2v) is 6.59. The van der Waals surface area contributed by atoms with Gasteiger partial charge in [-0.1, -0.05) is 35.3 Å². The van der Waals surface area contributed by atoms with Crippen LogP contribution in [0.5, 0.6) is 5.75 Å². The van der Waals surface area contributed by atoms with Crippen molar-refractivity contribution in [3.8, 4) is 5.75 Å². The van der Waals surface area contributed by atoms with Gasteiger partial charge in [0.25, 0.3) is 0 Å². The number of halogens is 2. The second kappa shape index (κ2) is 9.46. The lowest BCUT2D eigenvalue weighted by molar-refractivity contribution is -0.132. The van der Waals surface area contributed by atoms with Crippen molar-refractivity contribution in [3.05, 3.63) is 58.1 Å². The van der Waals surface area contributed by atoms with Crippen LogP contribution in [0, 0.1) is 0 Å². The molecule has 138 valence electrons. The monoisotopic (exact) mass is 394 g/mol. The molecular formula is C19H20Cl2N2O3. The van der Waals surface area contributed by atoms with Gasteiger partial charge in [-0.25, -0.2) is 0 Å². The molecule has 0 spiro atoms. The summed E-state index contributed by atoms with van der Waals surface area (Å²) in [5.41, 5.74) is 1.46. The largest absolute Gasteiger partial charge is 0.495 e. The predicted octanol–water partition coefficient (Wildman–Crippen LogP) is 4.03. The highest BCUT2D eigenvalue weighted by molar-refractivity contribution is 6.31. The zero-order valence-electron chi connectivity index (χ0n) is 14.6. The van der Waals surface area contributed by atoms with Crippen molar-refractivity contribution in [1.82, 2.24) is 4.90 Å². The lowest BCUT2D eigenvalue weighted by Gasteiger charge is -2.21. The number of methoxy groups -OCH3 is 1. The van der Waals surface area contributed by atoms with Crippen molar-refractivity contribution in [2.75, 3.05) is 25.5 Å². The summed E-state index contributed by atoms with van der Waals surface area (Å²) in [7, 11) is 1.51. The highest BCUT2D eigenvalue weighted by atomic mass is 35.5. The molecule has 5 nitrogen and oxygen atoms in total. The molecule has 0 bridgehead atoms. The van der Waals surface area contributed by atoms with E-state index in [1.54, 1.807) is 24.3 Å². The first-order chi connectivity index (χ1) is 12.4. The highest BCUT2D eigenvalue weighted by Gasteiger charge is 2.15. The van der Waals surface area contributed by atoms with Crippen LogP contribution in [0.15, 0.2) is 42.5 Å². The number of anilines is 1. The zero-order valence-corrected chi connectivity index (χ0v) is 16.1. The van der Waals surface area contributed by atoms with E-state index in [1.165, 1.54) is 18.9 Å². The molecule has 2 aromatic rings. The van der Waals surface area contributed by atoms with E-state index in [0.29, 0.717) is 34.4 Å². The fourth-order valence-electron chi connectivity index (χ4n) is 2.45. The number of carbonyl (C=O) groups excluding carboxylic acids is 2. The number of hydrogen-bond acceptors (Lipinski definition) is 3. The Hall–Kier alpha value is -2.24. The smallest absolute Gasteiger partial charge is 0.244 e. The third-order valence-electron chi connectivity index (χ3n) is 3.77. The van der Waals surface area contributed by atoms with E-state index in [9.17, 15) is 9.59 Å². The van der Waals surface area contributed by atoms with Crippen LogP contribution in [0.2, 0.25) is 10.0 Å². The maximum atomic E-state index is 12.3. The number of rotatable bonds is 7. The maximum absolute atomic E-state index is 12.3. The molecule has 0 aliphatic heterocycles. The zero-order chi connectivity index (χ0) is 19.1. The van der Waals surface area contributed by atoms with Crippen LogP contribution in [0.1, 0.15) is 12.5 Å². The molecule has 0 aromatic heterocycles. The molecule has 0 radical (unpaired) electrons. The quantitative estimate of drug-likeness (QED) is 0.770. The first-order valence-corrected chi connectivity index (χ1v) is 8.78. The van der Waals surface area contributed by atoms with Crippen LogP contribution >= 0.6 is 23.2 Å². The lowest BCUT2D eigenvalue weighted by Crippen LogP contribution is -2.38. The van der Waals surface area contributed by atoms with Gasteiger partial charge in [-0.2, -0.15) is 0 Å². The minimum absolute atomic E-state index is 0.0639. The van der Waals surface area contributed by atoms with Gasteiger partial charge in [0.1, 0.15) is 5.75 Å². The van der Waals surface area contributed by atoms with Gasteiger partial charge >= 0.3 is 0 Å². The van der Waals surface area contributed by atoms with E-state index in [2.05, 4.69) is 5.32 Å². The molecule has 0 saturated carbocycles. The number of benzene rings is 2. The van der Waals surface area contributed by atoms with Gasteiger partial charge in [-0.15, -0.1) is 0 Å². The Balaban J connectivity index is 1.99. The van der Waals surface area contributed by atoms with E-state index >= 15 is 0 Å². The number of carbonyl (C=O) groups is 2. The average molecular weight is 395 g/mol. The number of amides is 2. The summed E-state index contributed by atoms with van der Waals surface area (Å²) in [6, 6.07) is 12.4. The molecule has 0 aliphatic carbocycles. The third-order valence-corrected chi connectivity index (χ3v) is 4.25. The van der Waals surface area contributed by atoms with Crippen LogP contribution in [0.25, 0.3) is 0 Å². The molecule has 0 aliphatic rings. The molecule has 2 aromatic carbocycles. The summed E-state index contributed by atoms with van der Waals surface area (Å²) >= 11 is 11.9. The SMILES string of the molecule is COc1ccc(Cl)cc1NC(=O)CN(CCc1cccc(Cl)c1)C(C)=O. The number of nitrogens with one attached hydrogen (secondary N) is 1. The van der Waals surface area contributed by atoms with E-state index in [-0.39, 0.29) is 18.4 Å². The molecule has 7 heteroatoms. The molecule has 26 heavy (non-hydrogen) atoms. The van der Waals surface area contributed by atoms with Gasteiger partial charge in [0.2, 0.25) is 11.8 Å². The van der Waals surface area contributed by atoms with Crippen molar-refractivity contribution in [1.29, 1.82) is 0 Å². The van der Waals surface area contributed by atoms with Crippen LogP contribution in [0.3, 0.4) is 0 Å². The van der Waals surface area contributed by atoms with Crippen molar-refractivity contribution in [3.63, 3.8) is 0 Å². The van der Waals surface area contributed by atoms with Gasteiger partial charge in [-0.05, 0) is 42.3 Å². The Kier molecular flexibility index (Phi) is 7.30. The molecular weight excluding hydrogens is 375 g/mol. The first kappa shape index (κ1) is 20.1. The molecule has 0 unspecified atom stereocenters. The van der Waals surface area contributed by atoms with Crippen molar-refractivity contribution in [2.45, 2.75) is 13.3 Å². The first-order valence-electron chi connectivity index (χ1n) is 8.02. The van der Waals surface area contributed by atoms with Gasteiger partial charge in [-0.3, -0.25) is 9.59 Å². The fourth-order valence-corrected chi connectivity index (χ4v) is 2.83. The van der Waals surface area contributed by atoms with Gasteiger partial charge < -0.3 is 15.0 Å². The van der Waals surface area contributed by atoms with E-state index in [1.807, 2.05) is 18.2 Å². The van der Waals surface area contributed by atoms with Crippen molar-refractivity contribution >= 4 is 40.7 Å². The molecule has 1 N–H and O–H groups in total. The normalized spacial score (nSPS) is 10.3. The summed E-state index contributed by atoms with van der Waals surface area (Å²) in [6.45, 7) is 1.78. The van der Waals surface area contributed by atoms with Crippen LogP contribution in [-0.2, 0) is 16.0 Å². The second-order valence-electron chi connectivity index (χ2n) is 5.71. The lowest BCUT2D eigenvalue weighted by atomic mass is 10.1. The van der Waals surface area contributed by atoms with Crippen molar-refractivity contribution in [2.24, 2.45) is 0 Å². The fraction of sp³-hybridized carbons (Fsp3) is 0.263. The maximum Gasteiger partial charge on any atom is 0.244 e. The number of nitrogens with zero attached hydrogens (tertiary/aromatic N) is 1. The average Bonchev–Trinajstić information content (AvgIpc) is 2.58. The third kappa shape index (κ3) is 5.93. The molecule has 2 amide bonds. The van der Waals surface area contributed by atoms with Gasteiger partial charge in [0.15, 0.2) is 0 Å². The van der Waals surface area contributed by atoms with E-state index < -0.39 is 0 Å². The molecule has 0 atom stereocenters. The molecule has 0 fully saturated rings. The molecule has 2 rings (SSSR count). The van der Waals surface area contributed by atoms with Gasteiger partial charge in [0.05, 0.1) is 19.3 Å². The summed E-state index contributed by atoms with van der Waals surface area (Å²) in [5.74, 6) is -0.0110. The minimum atomic E-state index is -0.327. The molecule has 0 heterocycles. The predicted molar refractivity (Wildman–Crippen MR) is 104 cm³/mol. The topological polar surface area (TPSA) is 58.6 Å². The highest BCUT2D eigenvalue weighted by Crippen LogP contribution is 2.27. The summed E-state index contributed by atoms with van der Waals surface area (Å²) in [4.78, 5) is 25.7. The Morgan fingerprint density at radius 2 is 1.85 bits per heavy atom. The summed E-state index contributed by atoms with van der Waals surface area (Å²) < 4.78 is 5.20. The standard InChI is InChI=1S/C19H20Cl2N2O3/c1-13(24)23(9-8-14-4-3-5-15(20)10-14)12-19(25)22-17-11-16(21)6-7-18(17)26-2/h3-7,10-11H,8-9,12H2,1-2H3,(H,22,25). The minimum Gasteiger partial charge on any atom is -0.495 e. The molecule has 0 saturated heterocycles. The summed E-state index contributed by atoms with van der Waals surface area (Å²) in [5, 5.41) is 3.85. The Morgan fingerprint density at radius 3 is 2.50 bits per heavy atom. The summed E-state index contributed by atoms with van der Waals surface area (Å²) in [6.07, 6.45) is 0.605. The van der Waals surface area contributed by atoms with E-state index in [4.69, 9.17) is 27.9 Å². The Labute approximate surface area is 162 Å². The Morgan fingerprint density at radius 1 is 1.12 bits per heavy atom. The van der Waals surface area contributed by atoms with Gasteiger partial charge in [0, 0.05) is 23.5 Å². The van der Waals surface area contributed by atoms with Crippen LogP contribution < -0.4 is 10.1 Å².